The van der Waals surface area contributed by atoms with Gasteiger partial charge < -0.3 is 19.2 Å². The van der Waals surface area contributed by atoms with E-state index in [2.05, 4.69) is 14.9 Å². The van der Waals surface area contributed by atoms with Gasteiger partial charge in [-0.05, 0) is 45.4 Å². The molecule has 0 aliphatic carbocycles. The number of rotatable bonds is 2. The van der Waals surface area contributed by atoms with Crippen LogP contribution < -0.4 is 5.32 Å². The van der Waals surface area contributed by atoms with Crippen molar-refractivity contribution in [2.24, 2.45) is 0 Å². The van der Waals surface area contributed by atoms with Gasteiger partial charge in [-0.3, -0.25) is 0 Å². The van der Waals surface area contributed by atoms with Gasteiger partial charge in [0, 0.05) is 24.8 Å². The first kappa shape index (κ1) is 16.6. The van der Waals surface area contributed by atoms with Crippen molar-refractivity contribution in [1.82, 2.24) is 24.8 Å². The van der Waals surface area contributed by atoms with Crippen LogP contribution >= 0.6 is 0 Å². The number of furan rings is 1. The van der Waals surface area contributed by atoms with Crippen LogP contribution in [0, 0.1) is 0 Å². The summed E-state index contributed by atoms with van der Waals surface area (Å²) in [5.41, 5.74) is 2.36. The number of carbonyl (C=O) groups is 1. The molecule has 0 radical (unpaired) electrons. The van der Waals surface area contributed by atoms with Crippen molar-refractivity contribution in [3.05, 3.63) is 36.9 Å². The standard InChI is InChI=1S/C19H23N5O2/c1-19(2,3)22-18(25)23-9-6-14(11-23)24-16(13-7-10-26-12-13)21-15-5-4-8-20-17(15)24/h4-5,7-8,10,12,14H,6,9,11H2,1-3H3,(H,22,25). The molecule has 1 aliphatic rings. The molecule has 26 heavy (non-hydrogen) atoms. The van der Waals surface area contributed by atoms with Crippen LogP contribution in [0.2, 0.25) is 0 Å². The minimum atomic E-state index is -0.250. The number of fused-ring (bicyclic) bond motifs is 1. The second kappa shape index (κ2) is 6.16. The van der Waals surface area contributed by atoms with Crippen molar-refractivity contribution in [3.8, 4) is 11.4 Å². The Bertz CT molecular complexity index is 923. The largest absolute Gasteiger partial charge is 0.472 e. The highest BCUT2D eigenvalue weighted by molar-refractivity contribution is 5.78. The normalized spacial score (nSPS) is 17.8. The highest BCUT2D eigenvalue weighted by Gasteiger charge is 2.32. The van der Waals surface area contributed by atoms with Gasteiger partial charge in [-0.1, -0.05) is 0 Å². The lowest BCUT2D eigenvalue weighted by Crippen LogP contribution is -2.47. The van der Waals surface area contributed by atoms with E-state index in [1.54, 1.807) is 18.7 Å². The molecule has 0 saturated carbocycles. The first-order chi connectivity index (χ1) is 12.4. The number of nitrogens with one attached hydrogen (secondary N) is 1. The third-order valence-corrected chi connectivity index (χ3v) is 4.53. The van der Waals surface area contributed by atoms with Crippen LogP contribution in [-0.4, -0.2) is 44.1 Å². The maximum atomic E-state index is 12.5. The maximum absolute atomic E-state index is 12.5. The molecule has 2 amide bonds. The third-order valence-electron chi connectivity index (χ3n) is 4.53. The second-order valence-corrected chi connectivity index (χ2v) is 7.73. The monoisotopic (exact) mass is 353 g/mol. The molecule has 0 aromatic carbocycles. The van der Waals surface area contributed by atoms with Crippen molar-refractivity contribution >= 4 is 17.2 Å². The first-order valence-corrected chi connectivity index (χ1v) is 8.85. The zero-order valence-electron chi connectivity index (χ0n) is 15.3. The van der Waals surface area contributed by atoms with Gasteiger partial charge in [-0.2, -0.15) is 0 Å². The first-order valence-electron chi connectivity index (χ1n) is 8.85. The van der Waals surface area contributed by atoms with Crippen molar-refractivity contribution in [2.45, 2.75) is 38.8 Å². The predicted molar refractivity (Wildman–Crippen MR) is 98.7 cm³/mol. The molecule has 3 aromatic rings. The number of imidazole rings is 1. The van der Waals surface area contributed by atoms with E-state index in [9.17, 15) is 4.79 Å². The number of hydrogen-bond acceptors (Lipinski definition) is 4. The quantitative estimate of drug-likeness (QED) is 0.766. The lowest BCUT2D eigenvalue weighted by Gasteiger charge is -2.25. The van der Waals surface area contributed by atoms with Crippen LogP contribution in [-0.2, 0) is 0 Å². The van der Waals surface area contributed by atoms with Crippen molar-refractivity contribution in [1.29, 1.82) is 0 Å². The topological polar surface area (TPSA) is 76.2 Å². The zero-order chi connectivity index (χ0) is 18.3. The second-order valence-electron chi connectivity index (χ2n) is 7.73. The van der Waals surface area contributed by atoms with E-state index in [0.717, 1.165) is 29.0 Å². The Kier molecular flexibility index (Phi) is 3.94. The van der Waals surface area contributed by atoms with Crippen LogP contribution in [0.25, 0.3) is 22.6 Å². The van der Waals surface area contributed by atoms with E-state index in [1.165, 1.54) is 0 Å². The molecule has 1 fully saturated rings. The average Bonchev–Trinajstić information content (AvgIpc) is 3.31. The Balaban J connectivity index is 1.67. The van der Waals surface area contributed by atoms with Crippen LogP contribution in [0.3, 0.4) is 0 Å². The van der Waals surface area contributed by atoms with Gasteiger partial charge in [-0.15, -0.1) is 0 Å². The number of hydrogen-bond donors (Lipinski definition) is 1. The number of amides is 2. The highest BCUT2D eigenvalue weighted by Crippen LogP contribution is 2.32. The van der Waals surface area contributed by atoms with Crippen molar-refractivity contribution in [2.75, 3.05) is 13.1 Å². The lowest BCUT2D eigenvalue weighted by atomic mass is 10.1. The molecule has 1 aliphatic heterocycles. The molecule has 4 heterocycles. The van der Waals surface area contributed by atoms with Crippen LogP contribution in [0.15, 0.2) is 41.3 Å². The number of likely N-dealkylation sites (tertiary alicyclic amines) is 1. The SMILES string of the molecule is CC(C)(C)NC(=O)N1CCC(n2c(-c3ccoc3)nc3cccnc32)C1. The van der Waals surface area contributed by atoms with Gasteiger partial charge in [0.15, 0.2) is 5.65 Å². The summed E-state index contributed by atoms with van der Waals surface area (Å²) in [5.74, 6) is 0.829. The predicted octanol–water partition coefficient (Wildman–Crippen LogP) is 3.45. The van der Waals surface area contributed by atoms with Gasteiger partial charge in [-0.25, -0.2) is 14.8 Å². The van der Waals surface area contributed by atoms with E-state index in [0.29, 0.717) is 13.1 Å². The molecule has 7 heteroatoms. The Hall–Kier alpha value is -2.83. The minimum absolute atomic E-state index is 0.0257. The van der Waals surface area contributed by atoms with Crippen LogP contribution in [0.5, 0.6) is 0 Å². The highest BCUT2D eigenvalue weighted by atomic mass is 16.3. The molecule has 1 N–H and O–H groups in total. The molecule has 7 nitrogen and oxygen atoms in total. The molecule has 1 unspecified atom stereocenters. The molecule has 0 bridgehead atoms. The van der Waals surface area contributed by atoms with Crippen LogP contribution in [0.1, 0.15) is 33.2 Å². The van der Waals surface area contributed by atoms with E-state index in [-0.39, 0.29) is 17.6 Å². The molecular weight excluding hydrogens is 330 g/mol. The van der Waals surface area contributed by atoms with Gasteiger partial charge in [0.05, 0.1) is 17.9 Å². The Morgan fingerprint density at radius 1 is 1.35 bits per heavy atom. The van der Waals surface area contributed by atoms with E-state index in [4.69, 9.17) is 9.40 Å². The lowest BCUT2D eigenvalue weighted by molar-refractivity contribution is 0.198. The zero-order valence-corrected chi connectivity index (χ0v) is 15.3. The minimum Gasteiger partial charge on any atom is -0.472 e. The molecule has 136 valence electrons. The summed E-state index contributed by atoms with van der Waals surface area (Å²) in [6.07, 6.45) is 5.98. The number of nitrogens with zero attached hydrogens (tertiary/aromatic N) is 4. The Labute approximate surface area is 152 Å². The van der Waals surface area contributed by atoms with Crippen molar-refractivity contribution < 1.29 is 9.21 Å². The Morgan fingerprint density at radius 2 is 2.19 bits per heavy atom. The van der Waals surface area contributed by atoms with E-state index in [1.807, 2.05) is 43.9 Å². The summed E-state index contributed by atoms with van der Waals surface area (Å²) >= 11 is 0. The number of urea groups is 1. The number of pyridine rings is 1. The molecular formula is C19H23N5O2. The Morgan fingerprint density at radius 3 is 2.92 bits per heavy atom. The fraction of sp³-hybridized carbons (Fsp3) is 0.421. The van der Waals surface area contributed by atoms with Gasteiger partial charge in [0.1, 0.15) is 17.6 Å². The fourth-order valence-corrected chi connectivity index (χ4v) is 3.41. The maximum Gasteiger partial charge on any atom is 0.317 e. The van der Waals surface area contributed by atoms with Gasteiger partial charge >= 0.3 is 6.03 Å². The molecule has 1 saturated heterocycles. The smallest absolute Gasteiger partial charge is 0.317 e. The summed E-state index contributed by atoms with van der Waals surface area (Å²) in [4.78, 5) is 23.7. The number of carbonyl (C=O) groups excluding carboxylic acids is 1. The van der Waals surface area contributed by atoms with E-state index >= 15 is 0 Å². The number of aromatic nitrogens is 3. The summed E-state index contributed by atoms with van der Waals surface area (Å²) in [6, 6.07) is 5.85. The summed E-state index contributed by atoms with van der Waals surface area (Å²) in [6.45, 7) is 7.31. The average molecular weight is 353 g/mol. The summed E-state index contributed by atoms with van der Waals surface area (Å²) in [5, 5.41) is 3.04. The van der Waals surface area contributed by atoms with Gasteiger partial charge in [0.25, 0.3) is 0 Å². The van der Waals surface area contributed by atoms with Crippen LogP contribution in [0.4, 0.5) is 4.79 Å². The molecule has 4 rings (SSSR count). The van der Waals surface area contributed by atoms with Crippen molar-refractivity contribution in [3.63, 3.8) is 0 Å². The molecule has 1 atom stereocenters. The van der Waals surface area contributed by atoms with E-state index < -0.39 is 0 Å². The summed E-state index contributed by atoms with van der Waals surface area (Å²) < 4.78 is 7.39. The fourth-order valence-electron chi connectivity index (χ4n) is 3.41. The third kappa shape index (κ3) is 3.05. The molecule has 0 spiro atoms. The van der Waals surface area contributed by atoms with Gasteiger partial charge in [0.2, 0.25) is 0 Å². The summed E-state index contributed by atoms with van der Waals surface area (Å²) in [7, 11) is 0. The molecule has 3 aromatic heterocycles.